The van der Waals surface area contributed by atoms with Crippen LogP contribution in [0, 0.1) is 5.92 Å². The highest BCUT2D eigenvalue weighted by Gasteiger charge is 2.40. The van der Waals surface area contributed by atoms with Crippen LogP contribution in [0.15, 0.2) is 35.3 Å². The molecule has 7 amide bonds. The van der Waals surface area contributed by atoms with Gasteiger partial charge in [0.05, 0.1) is 0 Å². The van der Waals surface area contributed by atoms with Crippen LogP contribution in [0.2, 0.25) is 0 Å². The number of aliphatic imine (C=N–C) groups is 1. The largest absolute Gasteiger partial charge is 0.370 e. The number of nitrogens with zero attached hydrogens (tertiary/aromatic N) is 2. The molecule has 1 aliphatic carbocycles. The van der Waals surface area contributed by atoms with Crippen molar-refractivity contribution in [3.05, 3.63) is 35.9 Å². The first-order valence-electron chi connectivity index (χ1n) is 20.0. The Morgan fingerprint density at radius 1 is 0.857 bits per heavy atom. The van der Waals surface area contributed by atoms with Crippen molar-refractivity contribution >= 4 is 47.3 Å². The standard InChI is InChI=1S/C39H60N10O7/c1-24-33(51)46-28(16-9-20-43-39(40)41)34(52)42-19-10-17-29(47-36(54)30(45-25(2)50)22-26-12-5-3-6-13-26)38(56)49-21-11-18-32(49)37(55)48-31(35(53)44-24)23-27-14-7-4-8-15-27/h3,5-6,12-13,24,27-32H,4,7-11,14-23H2,1-2H3,(H,42,52)(H,44,53)(H,45,50)(H,46,51)(H,47,54)(H,48,55)(H4,40,41,43)/t24-,28-,29+,30+,31+,32-/m0/s1. The molecule has 0 radical (unpaired) electrons. The molecule has 1 aromatic carbocycles. The molecule has 3 fully saturated rings. The molecule has 0 aromatic heterocycles. The number of nitrogens with one attached hydrogen (secondary N) is 6. The number of rotatable bonds is 11. The van der Waals surface area contributed by atoms with Gasteiger partial charge in [-0.1, -0.05) is 62.4 Å². The minimum atomic E-state index is -1.10. The van der Waals surface area contributed by atoms with Crippen LogP contribution in [-0.2, 0) is 40.0 Å². The topological polar surface area (TPSA) is 259 Å². The summed E-state index contributed by atoms with van der Waals surface area (Å²) in [4.78, 5) is 100. The van der Waals surface area contributed by atoms with Crippen LogP contribution in [0.1, 0.15) is 96.5 Å². The Bertz CT molecular complexity index is 1560. The monoisotopic (exact) mass is 780 g/mol. The summed E-state index contributed by atoms with van der Waals surface area (Å²) < 4.78 is 0. The lowest BCUT2D eigenvalue weighted by Gasteiger charge is -2.32. The van der Waals surface area contributed by atoms with Gasteiger partial charge in [0.2, 0.25) is 41.4 Å². The number of guanidine groups is 1. The second-order valence-corrected chi connectivity index (χ2v) is 15.2. The maximum atomic E-state index is 14.4. The molecule has 0 unspecified atom stereocenters. The van der Waals surface area contributed by atoms with Crippen LogP contribution in [-0.4, -0.2) is 108 Å². The molecule has 2 aliphatic heterocycles. The van der Waals surface area contributed by atoms with E-state index in [0.29, 0.717) is 25.7 Å². The van der Waals surface area contributed by atoms with Gasteiger partial charge in [-0.2, -0.15) is 0 Å². The van der Waals surface area contributed by atoms with Crippen molar-refractivity contribution in [2.75, 3.05) is 19.6 Å². The fourth-order valence-electron chi connectivity index (χ4n) is 7.68. The first-order chi connectivity index (χ1) is 26.8. The number of fused-ring (bicyclic) bond motifs is 1. The second-order valence-electron chi connectivity index (χ2n) is 15.2. The average Bonchev–Trinajstić information content (AvgIpc) is 3.67. The summed E-state index contributed by atoms with van der Waals surface area (Å²) in [5, 5.41) is 16.8. The van der Waals surface area contributed by atoms with E-state index in [9.17, 15) is 33.6 Å². The van der Waals surface area contributed by atoms with Gasteiger partial charge in [0.15, 0.2) is 5.96 Å². The maximum Gasteiger partial charge on any atom is 0.245 e. The average molecular weight is 781 g/mol. The second kappa shape index (κ2) is 21.8. The summed E-state index contributed by atoms with van der Waals surface area (Å²) in [5.41, 5.74) is 11.7. The lowest BCUT2D eigenvalue weighted by atomic mass is 9.84. The molecule has 56 heavy (non-hydrogen) atoms. The van der Waals surface area contributed by atoms with Gasteiger partial charge in [0.1, 0.15) is 36.3 Å². The third-order valence-electron chi connectivity index (χ3n) is 10.7. The Balaban J connectivity index is 1.62. The predicted octanol–water partition coefficient (Wildman–Crippen LogP) is -0.382. The third-order valence-corrected chi connectivity index (χ3v) is 10.7. The zero-order valence-corrected chi connectivity index (χ0v) is 32.6. The predicted molar refractivity (Wildman–Crippen MR) is 209 cm³/mol. The van der Waals surface area contributed by atoms with E-state index in [4.69, 9.17) is 11.5 Å². The number of hydrogen-bond acceptors (Lipinski definition) is 8. The molecule has 0 spiro atoms. The molecule has 17 heteroatoms. The molecule has 6 atom stereocenters. The maximum absolute atomic E-state index is 14.4. The number of hydrogen-bond donors (Lipinski definition) is 8. The van der Waals surface area contributed by atoms with Gasteiger partial charge in [-0.15, -0.1) is 0 Å². The van der Waals surface area contributed by atoms with E-state index in [1.165, 1.54) is 18.7 Å². The zero-order chi connectivity index (χ0) is 40.6. The number of amides is 7. The molecule has 1 saturated carbocycles. The smallest absolute Gasteiger partial charge is 0.245 e. The fraction of sp³-hybridized carbons (Fsp3) is 0.641. The summed E-state index contributed by atoms with van der Waals surface area (Å²) in [6, 6.07) is 3.18. The highest BCUT2D eigenvalue weighted by molar-refractivity contribution is 5.97. The van der Waals surface area contributed by atoms with Crippen molar-refractivity contribution in [2.24, 2.45) is 22.4 Å². The van der Waals surface area contributed by atoms with Crippen molar-refractivity contribution in [3.63, 3.8) is 0 Å². The summed E-state index contributed by atoms with van der Waals surface area (Å²) in [7, 11) is 0. The van der Waals surface area contributed by atoms with Crippen molar-refractivity contribution in [1.29, 1.82) is 0 Å². The van der Waals surface area contributed by atoms with E-state index in [1.54, 1.807) is 0 Å². The lowest BCUT2D eigenvalue weighted by molar-refractivity contribution is -0.142. The number of nitrogens with two attached hydrogens (primary N) is 2. The molecule has 4 rings (SSSR count). The number of carbonyl (C=O) groups excluding carboxylic acids is 7. The van der Waals surface area contributed by atoms with Crippen molar-refractivity contribution in [1.82, 2.24) is 36.8 Å². The van der Waals surface area contributed by atoms with Crippen molar-refractivity contribution in [3.8, 4) is 0 Å². The van der Waals surface area contributed by atoms with Gasteiger partial charge in [-0.25, -0.2) is 0 Å². The summed E-state index contributed by atoms with van der Waals surface area (Å²) in [6.07, 6.45) is 7.30. The summed E-state index contributed by atoms with van der Waals surface area (Å²) >= 11 is 0. The molecule has 17 nitrogen and oxygen atoms in total. The van der Waals surface area contributed by atoms with E-state index in [-0.39, 0.29) is 57.2 Å². The van der Waals surface area contributed by atoms with Crippen LogP contribution in [0.5, 0.6) is 0 Å². The Hall–Kier alpha value is -5.22. The van der Waals surface area contributed by atoms with E-state index in [2.05, 4.69) is 36.9 Å². The minimum absolute atomic E-state index is 0.0942. The molecular weight excluding hydrogens is 720 g/mol. The molecule has 2 heterocycles. The number of carbonyl (C=O) groups is 7. The summed E-state index contributed by atoms with van der Waals surface area (Å²) in [5.74, 6) is -3.46. The van der Waals surface area contributed by atoms with Crippen LogP contribution in [0.3, 0.4) is 0 Å². The minimum Gasteiger partial charge on any atom is -0.370 e. The first kappa shape index (κ1) is 43.5. The lowest BCUT2D eigenvalue weighted by Crippen LogP contribution is -2.59. The van der Waals surface area contributed by atoms with Gasteiger partial charge >= 0.3 is 0 Å². The van der Waals surface area contributed by atoms with Crippen LogP contribution in [0.25, 0.3) is 0 Å². The highest BCUT2D eigenvalue weighted by atomic mass is 16.2. The molecule has 3 aliphatic rings. The molecule has 2 saturated heterocycles. The Kier molecular flexibility index (Phi) is 16.9. The summed E-state index contributed by atoms with van der Waals surface area (Å²) in [6.45, 7) is 3.40. The van der Waals surface area contributed by atoms with Crippen LogP contribution >= 0.6 is 0 Å². The quantitative estimate of drug-likeness (QED) is 0.0826. The van der Waals surface area contributed by atoms with E-state index < -0.39 is 77.6 Å². The Labute approximate surface area is 328 Å². The molecule has 308 valence electrons. The van der Waals surface area contributed by atoms with Gasteiger partial charge < -0.3 is 48.3 Å². The molecule has 0 bridgehead atoms. The van der Waals surface area contributed by atoms with Gasteiger partial charge in [-0.3, -0.25) is 38.6 Å². The van der Waals surface area contributed by atoms with Crippen LogP contribution in [0.4, 0.5) is 0 Å². The van der Waals surface area contributed by atoms with Gasteiger partial charge in [0, 0.05) is 33.0 Å². The Morgan fingerprint density at radius 2 is 1.57 bits per heavy atom. The van der Waals surface area contributed by atoms with E-state index in [0.717, 1.165) is 37.7 Å². The third kappa shape index (κ3) is 13.5. The normalized spacial score (nSPS) is 25.2. The highest BCUT2D eigenvalue weighted by Crippen LogP contribution is 2.28. The molecule has 10 N–H and O–H groups in total. The number of benzene rings is 1. The van der Waals surface area contributed by atoms with Gasteiger partial charge in [-0.05, 0) is 63.4 Å². The first-order valence-corrected chi connectivity index (χ1v) is 20.0. The Morgan fingerprint density at radius 3 is 2.27 bits per heavy atom. The SMILES string of the molecule is CC(=O)N[C@H](Cc1ccccc1)C(=O)N[C@@H]1CCCNC(=O)[C@H](CCCN=C(N)N)NC(=O)[C@H](C)NC(=O)[C@@H](CC2CCCCC2)NC(=O)[C@@H]2CCCN2C1=O. The van der Waals surface area contributed by atoms with Crippen LogP contribution < -0.4 is 43.4 Å². The van der Waals surface area contributed by atoms with Gasteiger partial charge in [0.25, 0.3) is 0 Å². The fourth-order valence-corrected chi connectivity index (χ4v) is 7.68. The zero-order valence-electron chi connectivity index (χ0n) is 32.6. The van der Waals surface area contributed by atoms with Crippen molar-refractivity contribution in [2.45, 2.75) is 134 Å². The van der Waals surface area contributed by atoms with E-state index >= 15 is 0 Å². The van der Waals surface area contributed by atoms with E-state index in [1.807, 2.05) is 30.3 Å². The van der Waals surface area contributed by atoms with Crippen molar-refractivity contribution < 1.29 is 33.6 Å². The molecule has 1 aromatic rings. The molecular formula is C39H60N10O7.